The van der Waals surface area contributed by atoms with Gasteiger partial charge < -0.3 is 15.1 Å². The minimum atomic E-state index is -0.614. The predicted octanol–water partition coefficient (Wildman–Crippen LogP) is 5.23. The van der Waals surface area contributed by atoms with Crippen molar-refractivity contribution in [2.45, 2.75) is 0 Å². The average molecular weight is 454 g/mol. The van der Waals surface area contributed by atoms with Crippen LogP contribution in [0.1, 0.15) is 0 Å². The number of hydrogen-bond donors (Lipinski definition) is 1. The number of anilines is 4. The maximum Gasteiger partial charge on any atom is 0.299 e. The smallest absolute Gasteiger partial charge is 0.299 e. The quantitative estimate of drug-likeness (QED) is 0.402. The Morgan fingerprint density at radius 2 is 1.31 bits per heavy atom. The first-order valence-corrected chi connectivity index (χ1v) is 10.3. The lowest BCUT2D eigenvalue weighted by atomic mass is 10.1. The number of nitro benzene ring substituents is 2. The SMILES string of the molecule is O=[N+]([O-])c1cc([N+](=O)[O-])c(N2CCN(c3ccccc3Cl)CC2)cc1Nc1ccccc1. The number of benzene rings is 3. The van der Waals surface area contributed by atoms with E-state index in [-0.39, 0.29) is 17.1 Å². The number of rotatable bonds is 6. The van der Waals surface area contributed by atoms with Gasteiger partial charge in [0.1, 0.15) is 11.4 Å². The molecule has 1 aliphatic heterocycles. The lowest BCUT2D eigenvalue weighted by Crippen LogP contribution is -2.46. The molecule has 0 spiro atoms. The number of hydrogen-bond acceptors (Lipinski definition) is 7. The van der Waals surface area contributed by atoms with Crippen LogP contribution in [0.25, 0.3) is 0 Å². The number of para-hydroxylation sites is 2. The molecule has 0 saturated carbocycles. The molecule has 1 aliphatic rings. The molecular weight excluding hydrogens is 434 g/mol. The summed E-state index contributed by atoms with van der Waals surface area (Å²) in [6, 6.07) is 19.0. The van der Waals surface area contributed by atoms with Crippen molar-refractivity contribution in [2.24, 2.45) is 0 Å². The van der Waals surface area contributed by atoms with E-state index < -0.39 is 9.85 Å². The van der Waals surface area contributed by atoms with E-state index in [1.807, 2.05) is 35.2 Å². The van der Waals surface area contributed by atoms with Crippen molar-refractivity contribution in [2.75, 3.05) is 41.3 Å². The summed E-state index contributed by atoms with van der Waals surface area (Å²) in [6.07, 6.45) is 0. The van der Waals surface area contributed by atoms with Crippen LogP contribution in [0.3, 0.4) is 0 Å². The Hall–Kier alpha value is -3.85. The summed E-state index contributed by atoms with van der Waals surface area (Å²) < 4.78 is 0. The third kappa shape index (κ3) is 4.42. The Morgan fingerprint density at radius 3 is 1.91 bits per heavy atom. The molecule has 10 heteroatoms. The standard InChI is InChI=1S/C22H20ClN5O4/c23-17-8-4-5-9-19(17)25-10-12-26(13-11-25)21-14-18(24-16-6-2-1-3-7-16)20(27(29)30)15-22(21)28(31)32/h1-9,14-15,24H,10-13H2. The zero-order chi connectivity index (χ0) is 22.7. The fraction of sp³-hybridized carbons (Fsp3) is 0.182. The van der Waals surface area contributed by atoms with Gasteiger partial charge in [-0.1, -0.05) is 41.9 Å². The number of piperazine rings is 1. The van der Waals surface area contributed by atoms with Crippen molar-refractivity contribution < 1.29 is 9.85 Å². The topological polar surface area (TPSA) is 105 Å². The molecule has 1 fully saturated rings. The second kappa shape index (κ2) is 9.11. The normalized spacial score (nSPS) is 13.7. The average Bonchev–Trinajstić information content (AvgIpc) is 2.79. The van der Waals surface area contributed by atoms with Crippen LogP contribution in [0.2, 0.25) is 5.02 Å². The molecule has 9 nitrogen and oxygen atoms in total. The molecule has 0 bridgehead atoms. The lowest BCUT2D eigenvalue weighted by Gasteiger charge is -2.37. The Morgan fingerprint density at radius 1 is 0.750 bits per heavy atom. The second-order valence-corrected chi connectivity index (χ2v) is 7.70. The van der Waals surface area contributed by atoms with Gasteiger partial charge in [-0.25, -0.2) is 0 Å². The highest BCUT2D eigenvalue weighted by Gasteiger charge is 2.29. The van der Waals surface area contributed by atoms with E-state index in [0.717, 1.165) is 11.8 Å². The minimum absolute atomic E-state index is 0.204. The van der Waals surface area contributed by atoms with Crippen LogP contribution >= 0.6 is 11.6 Å². The Kier molecular flexibility index (Phi) is 6.09. The molecular formula is C22H20ClN5O4. The number of nitro groups is 2. The van der Waals surface area contributed by atoms with Gasteiger partial charge in [-0.15, -0.1) is 0 Å². The van der Waals surface area contributed by atoms with E-state index in [4.69, 9.17) is 11.6 Å². The fourth-order valence-corrected chi connectivity index (χ4v) is 4.05. The van der Waals surface area contributed by atoms with Crippen LogP contribution in [0.5, 0.6) is 0 Å². The highest BCUT2D eigenvalue weighted by Crippen LogP contribution is 2.40. The van der Waals surface area contributed by atoms with Crippen molar-refractivity contribution >= 4 is 45.7 Å². The summed E-state index contributed by atoms with van der Waals surface area (Å²) in [5.41, 5.74) is 1.48. The van der Waals surface area contributed by atoms with E-state index in [0.29, 0.717) is 42.6 Å². The van der Waals surface area contributed by atoms with E-state index in [1.54, 1.807) is 24.3 Å². The van der Waals surface area contributed by atoms with Gasteiger partial charge in [0.15, 0.2) is 0 Å². The first-order chi connectivity index (χ1) is 15.4. The molecule has 0 atom stereocenters. The zero-order valence-corrected chi connectivity index (χ0v) is 17.7. The molecule has 3 aromatic carbocycles. The molecule has 3 aromatic rings. The number of nitrogens with zero attached hydrogens (tertiary/aromatic N) is 4. The van der Waals surface area contributed by atoms with Gasteiger partial charge in [0.2, 0.25) is 0 Å². The number of halogens is 1. The molecule has 32 heavy (non-hydrogen) atoms. The van der Waals surface area contributed by atoms with Crippen LogP contribution in [0.4, 0.5) is 34.1 Å². The molecule has 0 amide bonds. The Labute approximate surface area is 189 Å². The van der Waals surface area contributed by atoms with Gasteiger partial charge in [-0.05, 0) is 30.3 Å². The zero-order valence-electron chi connectivity index (χ0n) is 17.0. The molecule has 0 unspecified atom stereocenters. The van der Waals surface area contributed by atoms with Crippen LogP contribution in [0.15, 0.2) is 66.7 Å². The summed E-state index contributed by atoms with van der Waals surface area (Å²) in [6.45, 7) is 2.24. The Balaban J connectivity index is 1.65. The van der Waals surface area contributed by atoms with Crippen molar-refractivity contribution in [1.82, 2.24) is 0 Å². The van der Waals surface area contributed by atoms with Gasteiger partial charge in [0.05, 0.1) is 26.6 Å². The summed E-state index contributed by atoms with van der Waals surface area (Å²) in [5, 5.41) is 27.0. The first kappa shape index (κ1) is 21.4. The molecule has 1 saturated heterocycles. The van der Waals surface area contributed by atoms with Crippen molar-refractivity contribution in [3.63, 3.8) is 0 Å². The van der Waals surface area contributed by atoms with E-state index in [2.05, 4.69) is 10.2 Å². The molecule has 4 rings (SSSR count). The second-order valence-electron chi connectivity index (χ2n) is 7.29. The van der Waals surface area contributed by atoms with Crippen LogP contribution in [-0.4, -0.2) is 36.0 Å². The van der Waals surface area contributed by atoms with Gasteiger partial charge in [-0.2, -0.15) is 0 Å². The third-order valence-corrected chi connectivity index (χ3v) is 5.67. The molecule has 0 aliphatic carbocycles. The van der Waals surface area contributed by atoms with E-state index in [9.17, 15) is 20.2 Å². The third-order valence-electron chi connectivity index (χ3n) is 5.35. The van der Waals surface area contributed by atoms with E-state index in [1.165, 1.54) is 6.07 Å². The van der Waals surface area contributed by atoms with Gasteiger partial charge in [-0.3, -0.25) is 20.2 Å². The predicted molar refractivity (Wildman–Crippen MR) is 125 cm³/mol. The van der Waals surface area contributed by atoms with E-state index >= 15 is 0 Å². The monoisotopic (exact) mass is 453 g/mol. The highest BCUT2D eigenvalue weighted by atomic mass is 35.5. The molecule has 0 radical (unpaired) electrons. The number of nitrogens with one attached hydrogen (secondary N) is 1. The highest BCUT2D eigenvalue weighted by molar-refractivity contribution is 6.33. The maximum atomic E-state index is 11.7. The molecule has 0 aromatic heterocycles. The summed E-state index contributed by atoms with van der Waals surface area (Å²) in [7, 11) is 0. The van der Waals surface area contributed by atoms with Gasteiger partial charge in [0, 0.05) is 31.9 Å². The van der Waals surface area contributed by atoms with Gasteiger partial charge >= 0.3 is 0 Å². The minimum Gasteiger partial charge on any atom is -0.367 e. The first-order valence-electron chi connectivity index (χ1n) is 9.97. The van der Waals surface area contributed by atoms with Crippen molar-refractivity contribution in [1.29, 1.82) is 0 Å². The molecule has 1 N–H and O–H groups in total. The lowest BCUT2D eigenvalue weighted by molar-refractivity contribution is -0.393. The van der Waals surface area contributed by atoms with Crippen molar-refractivity contribution in [3.05, 3.63) is 92.0 Å². The van der Waals surface area contributed by atoms with Crippen LogP contribution in [-0.2, 0) is 0 Å². The molecule has 164 valence electrons. The van der Waals surface area contributed by atoms with Crippen LogP contribution in [0, 0.1) is 20.2 Å². The largest absolute Gasteiger partial charge is 0.367 e. The fourth-order valence-electron chi connectivity index (χ4n) is 3.79. The van der Waals surface area contributed by atoms with Crippen molar-refractivity contribution in [3.8, 4) is 0 Å². The van der Waals surface area contributed by atoms with Crippen LogP contribution < -0.4 is 15.1 Å². The maximum absolute atomic E-state index is 11.7. The summed E-state index contributed by atoms with van der Waals surface area (Å²) in [5.74, 6) is 0. The molecule has 1 heterocycles. The summed E-state index contributed by atoms with van der Waals surface area (Å²) >= 11 is 6.31. The summed E-state index contributed by atoms with van der Waals surface area (Å²) in [4.78, 5) is 26.2. The Bertz CT molecular complexity index is 1150. The van der Waals surface area contributed by atoms with Gasteiger partial charge in [0.25, 0.3) is 11.4 Å².